The molecule has 0 radical (unpaired) electrons. The van der Waals surface area contributed by atoms with Gasteiger partial charge in [-0.2, -0.15) is 0 Å². The van der Waals surface area contributed by atoms with E-state index in [1.54, 1.807) is 12.1 Å². The van der Waals surface area contributed by atoms with E-state index >= 15 is 0 Å². The van der Waals surface area contributed by atoms with Crippen molar-refractivity contribution in [1.82, 2.24) is 10.6 Å². The maximum atomic E-state index is 11.9. The molecule has 1 unspecified atom stereocenters. The van der Waals surface area contributed by atoms with Gasteiger partial charge in [-0.05, 0) is 25.0 Å². The van der Waals surface area contributed by atoms with E-state index in [2.05, 4.69) is 10.6 Å². The molecule has 22 heavy (non-hydrogen) atoms. The topological polar surface area (TPSA) is 91.6 Å². The number of furan rings is 1. The first-order chi connectivity index (χ1) is 10.7. The lowest BCUT2D eigenvalue weighted by Gasteiger charge is -2.20. The maximum Gasteiger partial charge on any atom is 0.223 e. The molecule has 0 aromatic carbocycles. The van der Waals surface area contributed by atoms with Gasteiger partial charge in [0.1, 0.15) is 11.9 Å². The van der Waals surface area contributed by atoms with E-state index in [9.17, 15) is 14.7 Å². The van der Waals surface area contributed by atoms with Crippen molar-refractivity contribution >= 4 is 11.8 Å². The molecule has 1 aromatic heterocycles. The number of aliphatic hydroxyl groups is 1. The average Bonchev–Trinajstić information content (AvgIpc) is 3.08. The summed E-state index contributed by atoms with van der Waals surface area (Å²) in [6.45, 7) is 0.431. The summed E-state index contributed by atoms with van der Waals surface area (Å²) >= 11 is 0. The van der Waals surface area contributed by atoms with Crippen LogP contribution in [0.2, 0.25) is 0 Å². The summed E-state index contributed by atoms with van der Waals surface area (Å²) in [4.78, 5) is 23.6. The van der Waals surface area contributed by atoms with E-state index in [4.69, 9.17) is 4.42 Å². The highest BCUT2D eigenvalue weighted by Gasteiger charge is 2.20. The fourth-order valence-electron chi connectivity index (χ4n) is 2.69. The summed E-state index contributed by atoms with van der Waals surface area (Å²) in [5.41, 5.74) is 0. The summed E-state index contributed by atoms with van der Waals surface area (Å²) < 4.78 is 5.05. The van der Waals surface area contributed by atoms with Crippen LogP contribution in [0.4, 0.5) is 0 Å². The van der Waals surface area contributed by atoms with Crippen molar-refractivity contribution < 1.29 is 19.1 Å². The molecule has 2 amide bonds. The Morgan fingerprint density at radius 2 is 2.05 bits per heavy atom. The molecule has 2 rings (SSSR count). The second-order valence-corrected chi connectivity index (χ2v) is 5.71. The molecule has 0 saturated heterocycles. The number of hydrogen-bond donors (Lipinski definition) is 3. The number of nitrogens with one attached hydrogen (secondary N) is 2. The van der Waals surface area contributed by atoms with E-state index < -0.39 is 6.10 Å². The maximum absolute atomic E-state index is 11.9. The van der Waals surface area contributed by atoms with Gasteiger partial charge in [0.15, 0.2) is 0 Å². The standard InChI is InChI=1S/C16H24N2O4/c19-13(14-7-4-10-22-14)11-18-15(20)8-9-17-16(21)12-5-2-1-3-6-12/h4,7,10,12-13,19H,1-3,5-6,8-9,11H2,(H,17,21)(H,18,20). The molecule has 1 fully saturated rings. The third kappa shape index (κ3) is 5.18. The minimum absolute atomic E-state index is 0.0584. The van der Waals surface area contributed by atoms with E-state index in [1.807, 2.05) is 0 Å². The first kappa shape index (κ1) is 16.5. The molecule has 0 bridgehead atoms. The Morgan fingerprint density at radius 3 is 2.73 bits per heavy atom. The van der Waals surface area contributed by atoms with Crippen LogP contribution in [0.3, 0.4) is 0 Å². The fraction of sp³-hybridized carbons (Fsp3) is 0.625. The van der Waals surface area contributed by atoms with Gasteiger partial charge in [0.25, 0.3) is 0 Å². The zero-order valence-electron chi connectivity index (χ0n) is 12.7. The van der Waals surface area contributed by atoms with Crippen LogP contribution in [-0.4, -0.2) is 30.0 Å². The summed E-state index contributed by atoms with van der Waals surface area (Å²) in [6.07, 6.45) is 6.18. The lowest BCUT2D eigenvalue weighted by Crippen LogP contribution is -2.36. The van der Waals surface area contributed by atoms with Crippen molar-refractivity contribution in [2.45, 2.75) is 44.6 Å². The van der Waals surface area contributed by atoms with Crippen molar-refractivity contribution in [3.05, 3.63) is 24.2 Å². The van der Waals surface area contributed by atoms with Crippen LogP contribution in [0.25, 0.3) is 0 Å². The molecule has 1 atom stereocenters. The molecule has 1 heterocycles. The largest absolute Gasteiger partial charge is 0.467 e. The van der Waals surface area contributed by atoms with Gasteiger partial charge in [0, 0.05) is 18.9 Å². The second kappa shape index (κ2) is 8.58. The molecule has 1 aliphatic carbocycles. The van der Waals surface area contributed by atoms with Crippen LogP contribution >= 0.6 is 0 Å². The summed E-state index contributed by atoms with van der Waals surface area (Å²) in [5, 5.41) is 15.2. The SMILES string of the molecule is O=C(CCNC(=O)C1CCCCC1)NCC(O)c1ccco1. The van der Waals surface area contributed by atoms with E-state index in [1.165, 1.54) is 12.7 Å². The Kier molecular flexibility index (Phi) is 6.45. The molecule has 122 valence electrons. The van der Waals surface area contributed by atoms with Crippen LogP contribution in [-0.2, 0) is 9.59 Å². The summed E-state index contributed by atoms with van der Waals surface area (Å²) in [7, 11) is 0. The third-order valence-electron chi connectivity index (χ3n) is 3.99. The zero-order valence-corrected chi connectivity index (χ0v) is 12.7. The highest BCUT2D eigenvalue weighted by molar-refractivity contribution is 5.80. The molecular formula is C16H24N2O4. The number of carbonyl (C=O) groups excluding carboxylic acids is 2. The highest BCUT2D eigenvalue weighted by atomic mass is 16.4. The Labute approximate surface area is 130 Å². The van der Waals surface area contributed by atoms with Crippen molar-refractivity contribution in [2.24, 2.45) is 5.92 Å². The van der Waals surface area contributed by atoms with Gasteiger partial charge in [-0.15, -0.1) is 0 Å². The summed E-state index contributed by atoms with van der Waals surface area (Å²) in [5.74, 6) is 0.390. The van der Waals surface area contributed by atoms with E-state index in [0.717, 1.165) is 25.7 Å². The lowest BCUT2D eigenvalue weighted by atomic mass is 9.89. The van der Waals surface area contributed by atoms with Crippen LogP contribution in [0.1, 0.15) is 50.4 Å². The molecule has 6 nitrogen and oxygen atoms in total. The van der Waals surface area contributed by atoms with Gasteiger partial charge in [-0.1, -0.05) is 19.3 Å². The molecule has 1 saturated carbocycles. The van der Waals surface area contributed by atoms with Crippen LogP contribution < -0.4 is 10.6 Å². The van der Waals surface area contributed by atoms with Gasteiger partial charge < -0.3 is 20.2 Å². The number of aliphatic hydroxyl groups excluding tert-OH is 1. The first-order valence-electron chi connectivity index (χ1n) is 7.92. The van der Waals surface area contributed by atoms with E-state index in [-0.39, 0.29) is 30.7 Å². The van der Waals surface area contributed by atoms with Crippen molar-refractivity contribution in [3.8, 4) is 0 Å². The molecule has 6 heteroatoms. The Hall–Kier alpha value is -1.82. The number of carbonyl (C=O) groups is 2. The van der Waals surface area contributed by atoms with Crippen LogP contribution in [0, 0.1) is 5.92 Å². The van der Waals surface area contributed by atoms with Crippen molar-refractivity contribution in [3.63, 3.8) is 0 Å². The van der Waals surface area contributed by atoms with Gasteiger partial charge in [0.2, 0.25) is 11.8 Å². The lowest BCUT2D eigenvalue weighted by molar-refractivity contribution is -0.126. The second-order valence-electron chi connectivity index (χ2n) is 5.71. The van der Waals surface area contributed by atoms with Gasteiger partial charge >= 0.3 is 0 Å². The minimum Gasteiger partial charge on any atom is -0.467 e. The quantitative estimate of drug-likeness (QED) is 0.712. The molecule has 1 aliphatic rings. The van der Waals surface area contributed by atoms with Crippen LogP contribution in [0.15, 0.2) is 22.8 Å². The van der Waals surface area contributed by atoms with Crippen LogP contribution in [0.5, 0.6) is 0 Å². The van der Waals surface area contributed by atoms with Gasteiger partial charge in [-0.3, -0.25) is 9.59 Å². The fourth-order valence-corrected chi connectivity index (χ4v) is 2.69. The molecule has 3 N–H and O–H groups in total. The highest BCUT2D eigenvalue weighted by Crippen LogP contribution is 2.23. The predicted molar refractivity (Wildman–Crippen MR) is 80.9 cm³/mol. The Bertz CT molecular complexity index is 467. The van der Waals surface area contributed by atoms with Gasteiger partial charge in [-0.25, -0.2) is 0 Å². The Morgan fingerprint density at radius 1 is 1.27 bits per heavy atom. The molecule has 0 aliphatic heterocycles. The minimum atomic E-state index is -0.851. The van der Waals surface area contributed by atoms with E-state index in [0.29, 0.717) is 12.3 Å². The number of hydrogen-bond acceptors (Lipinski definition) is 4. The smallest absolute Gasteiger partial charge is 0.223 e. The molecule has 1 aromatic rings. The summed E-state index contributed by atoms with van der Waals surface area (Å²) in [6, 6.07) is 3.34. The Balaban J connectivity index is 1.58. The average molecular weight is 308 g/mol. The zero-order chi connectivity index (χ0) is 15.8. The molecule has 0 spiro atoms. The number of rotatable bonds is 7. The first-order valence-corrected chi connectivity index (χ1v) is 7.92. The number of amides is 2. The third-order valence-corrected chi connectivity index (χ3v) is 3.99. The van der Waals surface area contributed by atoms with Crippen molar-refractivity contribution in [1.29, 1.82) is 0 Å². The predicted octanol–water partition coefficient (Wildman–Crippen LogP) is 1.52. The molecular weight excluding hydrogens is 284 g/mol. The normalized spacial score (nSPS) is 17.0. The monoisotopic (exact) mass is 308 g/mol. The van der Waals surface area contributed by atoms with Crippen molar-refractivity contribution in [2.75, 3.05) is 13.1 Å². The van der Waals surface area contributed by atoms with Gasteiger partial charge in [0.05, 0.1) is 12.8 Å².